The van der Waals surface area contributed by atoms with E-state index in [4.69, 9.17) is 4.74 Å². The van der Waals surface area contributed by atoms with Crippen LogP contribution in [0.2, 0.25) is 0 Å². The number of nitrogens with one attached hydrogen (secondary N) is 3. The van der Waals surface area contributed by atoms with Crippen molar-refractivity contribution in [3.05, 3.63) is 59.7 Å². The molecule has 0 heterocycles. The molecule has 1 atom stereocenters. The lowest BCUT2D eigenvalue weighted by molar-refractivity contribution is 0.0963. The summed E-state index contributed by atoms with van der Waals surface area (Å²) in [6, 6.07) is 14.7. The van der Waals surface area contributed by atoms with E-state index in [2.05, 4.69) is 28.1 Å². The van der Waals surface area contributed by atoms with Crippen LogP contribution in [0.3, 0.4) is 0 Å². The van der Waals surface area contributed by atoms with Crippen LogP contribution >= 0.6 is 0 Å². The SMILES string of the molecule is CNC(=O)c1ccc(OC)c(NC(=O)NC(c2ccccc2)C2CCCC2)c1. The highest BCUT2D eigenvalue weighted by atomic mass is 16.5. The zero-order chi connectivity index (χ0) is 19.9. The predicted octanol–water partition coefficient (Wildman–Crippen LogP) is 4.11. The fourth-order valence-electron chi connectivity index (χ4n) is 3.82. The number of hydrogen-bond donors (Lipinski definition) is 3. The van der Waals surface area contributed by atoms with Crippen molar-refractivity contribution in [1.82, 2.24) is 10.6 Å². The van der Waals surface area contributed by atoms with Crippen LogP contribution in [0.1, 0.15) is 47.6 Å². The van der Waals surface area contributed by atoms with E-state index in [1.54, 1.807) is 25.2 Å². The number of ether oxygens (including phenoxy) is 1. The molecular weight excluding hydrogens is 354 g/mol. The third-order valence-electron chi connectivity index (χ3n) is 5.25. The Balaban J connectivity index is 1.78. The van der Waals surface area contributed by atoms with Crippen molar-refractivity contribution in [3.63, 3.8) is 0 Å². The number of carbonyl (C=O) groups excluding carboxylic acids is 2. The summed E-state index contributed by atoms with van der Waals surface area (Å²) in [5, 5.41) is 8.56. The van der Waals surface area contributed by atoms with E-state index in [1.165, 1.54) is 20.0 Å². The third-order valence-corrected chi connectivity index (χ3v) is 5.25. The molecule has 1 saturated carbocycles. The Morgan fingerprint density at radius 1 is 1.07 bits per heavy atom. The molecule has 0 bridgehead atoms. The lowest BCUT2D eigenvalue weighted by Gasteiger charge is -2.25. The maximum Gasteiger partial charge on any atom is 0.319 e. The van der Waals surface area contributed by atoms with Crippen molar-refractivity contribution in [2.45, 2.75) is 31.7 Å². The van der Waals surface area contributed by atoms with Gasteiger partial charge < -0.3 is 20.7 Å². The quantitative estimate of drug-likeness (QED) is 0.705. The van der Waals surface area contributed by atoms with Gasteiger partial charge in [-0.2, -0.15) is 0 Å². The molecule has 0 radical (unpaired) electrons. The largest absolute Gasteiger partial charge is 0.495 e. The monoisotopic (exact) mass is 381 g/mol. The number of rotatable bonds is 6. The molecule has 1 unspecified atom stereocenters. The molecule has 3 rings (SSSR count). The summed E-state index contributed by atoms with van der Waals surface area (Å²) in [6.07, 6.45) is 4.60. The topological polar surface area (TPSA) is 79.5 Å². The molecule has 1 aliphatic carbocycles. The first-order chi connectivity index (χ1) is 13.6. The van der Waals surface area contributed by atoms with Gasteiger partial charge in [0.2, 0.25) is 0 Å². The Labute approximate surface area is 165 Å². The van der Waals surface area contributed by atoms with E-state index in [0.717, 1.165) is 18.4 Å². The van der Waals surface area contributed by atoms with Crippen molar-refractivity contribution in [2.75, 3.05) is 19.5 Å². The van der Waals surface area contributed by atoms with Crippen LogP contribution < -0.4 is 20.7 Å². The zero-order valence-electron chi connectivity index (χ0n) is 16.3. The molecule has 1 fully saturated rings. The van der Waals surface area contributed by atoms with Crippen molar-refractivity contribution >= 4 is 17.6 Å². The molecule has 6 nitrogen and oxygen atoms in total. The average molecular weight is 381 g/mol. The second-order valence-electron chi connectivity index (χ2n) is 7.03. The molecule has 1 aliphatic rings. The Bertz CT molecular complexity index is 817. The summed E-state index contributed by atoms with van der Waals surface area (Å²) < 4.78 is 5.33. The van der Waals surface area contributed by atoms with Gasteiger partial charge in [-0.3, -0.25) is 4.79 Å². The molecule has 6 heteroatoms. The van der Waals surface area contributed by atoms with Crippen LogP contribution in [0.15, 0.2) is 48.5 Å². The molecule has 28 heavy (non-hydrogen) atoms. The molecule has 2 aromatic rings. The fourth-order valence-corrected chi connectivity index (χ4v) is 3.82. The normalized spacial score (nSPS) is 14.9. The predicted molar refractivity (Wildman–Crippen MR) is 110 cm³/mol. The van der Waals surface area contributed by atoms with Gasteiger partial charge in [0, 0.05) is 12.6 Å². The molecule has 3 N–H and O–H groups in total. The maximum absolute atomic E-state index is 12.8. The minimum atomic E-state index is -0.312. The smallest absolute Gasteiger partial charge is 0.319 e. The molecule has 0 spiro atoms. The van der Waals surface area contributed by atoms with Crippen LogP contribution in [-0.4, -0.2) is 26.1 Å². The van der Waals surface area contributed by atoms with Crippen LogP contribution in [0.5, 0.6) is 5.75 Å². The molecular formula is C22H27N3O3. The molecule has 0 aliphatic heterocycles. The fraction of sp³-hybridized carbons (Fsp3) is 0.364. The number of hydrogen-bond acceptors (Lipinski definition) is 3. The number of carbonyl (C=O) groups is 2. The number of anilines is 1. The third kappa shape index (κ3) is 4.63. The summed E-state index contributed by atoms with van der Waals surface area (Å²) in [5.74, 6) is 0.700. The van der Waals surface area contributed by atoms with Gasteiger partial charge in [0.25, 0.3) is 5.91 Å². The van der Waals surface area contributed by atoms with E-state index < -0.39 is 0 Å². The first-order valence-electron chi connectivity index (χ1n) is 9.65. The second-order valence-corrected chi connectivity index (χ2v) is 7.03. The molecule has 2 aromatic carbocycles. The van der Waals surface area contributed by atoms with Gasteiger partial charge in [0.05, 0.1) is 18.8 Å². The summed E-state index contributed by atoms with van der Waals surface area (Å²) in [5.41, 5.74) is 2.02. The van der Waals surface area contributed by atoms with Gasteiger partial charge in [0.1, 0.15) is 5.75 Å². The Kier molecular flexibility index (Phi) is 6.53. The Morgan fingerprint density at radius 2 is 1.79 bits per heavy atom. The van der Waals surface area contributed by atoms with Gasteiger partial charge in [-0.25, -0.2) is 4.79 Å². The van der Waals surface area contributed by atoms with Crippen molar-refractivity contribution < 1.29 is 14.3 Å². The van der Waals surface area contributed by atoms with Crippen LogP contribution in [-0.2, 0) is 0 Å². The van der Waals surface area contributed by atoms with Gasteiger partial charge in [0.15, 0.2) is 0 Å². The van der Waals surface area contributed by atoms with E-state index in [9.17, 15) is 9.59 Å². The van der Waals surface area contributed by atoms with Crippen molar-refractivity contribution in [2.24, 2.45) is 5.92 Å². The minimum absolute atomic E-state index is 0.0446. The van der Waals surface area contributed by atoms with E-state index >= 15 is 0 Å². The summed E-state index contributed by atoms with van der Waals surface area (Å²) in [7, 11) is 3.10. The van der Waals surface area contributed by atoms with Crippen LogP contribution in [0.4, 0.5) is 10.5 Å². The molecule has 3 amide bonds. The highest BCUT2D eigenvalue weighted by Gasteiger charge is 2.28. The number of benzene rings is 2. The van der Waals surface area contributed by atoms with Crippen LogP contribution in [0, 0.1) is 5.92 Å². The van der Waals surface area contributed by atoms with Gasteiger partial charge in [-0.1, -0.05) is 43.2 Å². The number of amides is 3. The lowest BCUT2D eigenvalue weighted by Crippen LogP contribution is -2.36. The van der Waals surface area contributed by atoms with E-state index in [-0.39, 0.29) is 18.0 Å². The minimum Gasteiger partial charge on any atom is -0.495 e. The average Bonchev–Trinajstić information content (AvgIpc) is 3.26. The second kappa shape index (κ2) is 9.26. The number of methoxy groups -OCH3 is 1. The summed E-state index contributed by atoms with van der Waals surface area (Å²) in [4.78, 5) is 24.7. The summed E-state index contributed by atoms with van der Waals surface area (Å²) in [6.45, 7) is 0. The highest BCUT2D eigenvalue weighted by Crippen LogP contribution is 2.36. The molecule has 0 saturated heterocycles. The first-order valence-corrected chi connectivity index (χ1v) is 9.65. The van der Waals surface area contributed by atoms with Gasteiger partial charge >= 0.3 is 6.03 Å². The van der Waals surface area contributed by atoms with E-state index in [0.29, 0.717) is 22.9 Å². The molecule has 0 aromatic heterocycles. The zero-order valence-corrected chi connectivity index (χ0v) is 16.3. The highest BCUT2D eigenvalue weighted by molar-refractivity contribution is 5.98. The summed E-state index contributed by atoms with van der Waals surface area (Å²) >= 11 is 0. The maximum atomic E-state index is 12.8. The van der Waals surface area contributed by atoms with Gasteiger partial charge in [-0.15, -0.1) is 0 Å². The lowest BCUT2D eigenvalue weighted by atomic mass is 9.92. The standard InChI is InChI=1S/C22H27N3O3/c1-23-21(26)17-12-13-19(28-2)18(14-17)24-22(27)25-20(16-10-6-7-11-16)15-8-4-3-5-9-15/h3-5,8-9,12-14,16,20H,6-7,10-11H2,1-2H3,(H,23,26)(H2,24,25,27). The van der Waals surface area contributed by atoms with Crippen molar-refractivity contribution in [3.8, 4) is 5.75 Å². The molecule has 148 valence electrons. The van der Waals surface area contributed by atoms with Gasteiger partial charge in [-0.05, 0) is 42.5 Å². The Morgan fingerprint density at radius 3 is 2.43 bits per heavy atom. The Hall–Kier alpha value is -3.02. The van der Waals surface area contributed by atoms with E-state index in [1.807, 2.05) is 18.2 Å². The number of urea groups is 1. The van der Waals surface area contributed by atoms with Crippen molar-refractivity contribution in [1.29, 1.82) is 0 Å². The first kappa shape index (κ1) is 19.7. The van der Waals surface area contributed by atoms with Crippen LogP contribution in [0.25, 0.3) is 0 Å².